The SMILES string of the molecule is CCCNc1ncc(C(=O)N(C)Cc2ncc[nH]2)cc1Cl. The Morgan fingerprint density at radius 3 is 2.90 bits per heavy atom. The number of aromatic amines is 1. The van der Waals surface area contributed by atoms with Crippen LogP contribution in [0.5, 0.6) is 0 Å². The van der Waals surface area contributed by atoms with Gasteiger partial charge in [0.05, 0.1) is 17.1 Å². The van der Waals surface area contributed by atoms with E-state index in [-0.39, 0.29) is 5.91 Å². The van der Waals surface area contributed by atoms with Crippen molar-refractivity contribution >= 4 is 23.3 Å². The first-order chi connectivity index (χ1) is 10.1. The van der Waals surface area contributed by atoms with Crippen LogP contribution >= 0.6 is 11.6 Å². The van der Waals surface area contributed by atoms with Gasteiger partial charge in [0, 0.05) is 32.2 Å². The average molecular weight is 308 g/mol. The van der Waals surface area contributed by atoms with Crippen LogP contribution in [0, 0.1) is 0 Å². The maximum Gasteiger partial charge on any atom is 0.255 e. The summed E-state index contributed by atoms with van der Waals surface area (Å²) < 4.78 is 0. The number of carbonyl (C=O) groups is 1. The number of carbonyl (C=O) groups excluding carboxylic acids is 1. The summed E-state index contributed by atoms with van der Waals surface area (Å²) in [7, 11) is 1.71. The minimum Gasteiger partial charge on any atom is -0.369 e. The lowest BCUT2D eigenvalue weighted by Gasteiger charge is -2.16. The monoisotopic (exact) mass is 307 g/mol. The molecule has 1 amide bonds. The van der Waals surface area contributed by atoms with Crippen LogP contribution in [0.25, 0.3) is 0 Å². The molecule has 0 saturated heterocycles. The van der Waals surface area contributed by atoms with Gasteiger partial charge in [-0.3, -0.25) is 4.79 Å². The summed E-state index contributed by atoms with van der Waals surface area (Å²) in [6.45, 7) is 3.25. The molecule has 2 heterocycles. The van der Waals surface area contributed by atoms with Crippen molar-refractivity contribution in [1.29, 1.82) is 0 Å². The zero-order valence-electron chi connectivity index (χ0n) is 12.1. The number of nitrogens with zero attached hydrogens (tertiary/aromatic N) is 3. The molecule has 0 aromatic carbocycles. The molecule has 2 aromatic rings. The Bertz CT molecular complexity index is 599. The van der Waals surface area contributed by atoms with Gasteiger partial charge in [-0.25, -0.2) is 9.97 Å². The Morgan fingerprint density at radius 2 is 2.29 bits per heavy atom. The van der Waals surface area contributed by atoms with Crippen LogP contribution in [0.3, 0.4) is 0 Å². The maximum atomic E-state index is 12.3. The van der Waals surface area contributed by atoms with Crippen molar-refractivity contribution in [2.75, 3.05) is 18.9 Å². The van der Waals surface area contributed by atoms with Gasteiger partial charge >= 0.3 is 0 Å². The van der Waals surface area contributed by atoms with Crippen molar-refractivity contribution in [3.8, 4) is 0 Å². The second-order valence-corrected chi connectivity index (χ2v) is 5.09. The third-order valence-corrected chi connectivity index (χ3v) is 3.21. The Balaban J connectivity index is 2.06. The topological polar surface area (TPSA) is 73.9 Å². The van der Waals surface area contributed by atoms with Crippen LogP contribution in [0.1, 0.15) is 29.5 Å². The lowest BCUT2D eigenvalue weighted by molar-refractivity contribution is 0.0781. The molecule has 2 N–H and O–H groups in total. The largest absolute Gasteiger partial charge is 0.369 e. The number of aromatic nitrogens is 3. The molecule has 0 aliphatic carbocycles. The van der Waals surface area contributed by atoms with Gasteiger partial charge in [0.15, 0.2) is 0 Å². The molecule has 6 nitrogen and oxygen atoms in total. The highest BCUT2D eigenvalue weighted by molar-refractivity contribution is 6.33. The summed E-state index contributed by atoms with van der Waals surface area (Å²) in [5, 5.41) is 3.56. The van der Waals surface area contributed by atoms with E-state index in [1.165, 1.54) is 6.20 Å². The molecule has 0 bridgehead atoms. The van der Waals surface area contributed by atoms with Crippen molar-refractivity contribution < 1.29 is 4.79 Å². The van der Waals surface area contributed by atoms with Gasteiger partial charge in [0.25, 0.3) is 5.91 Å². The number of halogens is 1. The van der Waals surface area contributed by atoms with E-state index in [2.05, 4.69) is 27.2 Å². The van der Waals surface area contributed by atoms with Gasteiger partial charge in [0.1, 0.15) is 11.6 Å². The number of anilines is 1. The number of hydrogen-bond acceptors (Lipinski definition) is 4. The predicted octanol–water partition coefficient (Wildman–Crippen LogP) is 2.55. The molecule has 21 heavy (non-hydrogen) atoms. The fourth-order valence-electron chi connectivity index (χ4n) is 1.83. The number of hydrogen-bond donors (Lipinski definition) is 2. The Hall–Kier alpha value is -2.08. The number of imidazole rings is 1. The van der Waals surface area contributed by atoms with Crippen LogP contribution in [-0.4, -0.2) is 39.4 Å². The summed E-state index contributed by atoms with van der Waals surface area (Å²) in [5.41, 5.74) is 0.455. The standard InChI is InChI=1S/C14H18ClN5O/c1-3-4-18-13-11(15)7-10(8-19-13)14(21)20(2)9-12-16-5-6-17-12/h5-8H,3-4,9H2,1-2H3,(H,16,17)(H,18,19). The first-order valence-electron chi connectivity index (χ1n) is 6.75. The molecule has 0 radical (unpaired) electrons. The molecule has 0 spiro atoms. The summed E-state index contributed by atoms with van der Waals surface area (Å²) in [6, 6.07) is 1.63. The quantitative estimate of drug-likeness (QED) is 0.860. The Morgan fingerprint density at radius 1 is 1.48 bits per heavy atom. The third-order valence-electron chi connectivity index (χ3n) is 2.92. The highest BCUT2D eigenvalue weighted by atomic mass is 35.5. The van der Waals surface area contributed by atoms with Crippen LogP contribution in [0.2, 0.25) is 5.02 Å². The average Bonchev–Trinajstić information content (AvgIpc) is 2.98. The molecule has 2 aromatic heterocycles. The molecule has 0 atom stereocenters. The van der Waals surface area contributed by atoms with E-state index in [9.17, 15) is 4.79 Å². The molecule has 0 unspecified atom stereocenters. The van der Waals surface area contributed by atoms with Crippen LogP contribution < -0.4 is 5.32 Å². The number of amides is 1. The first-order valence-corrected chi connectivity index (χ1v) is 7.12. The van der Waals surface area contributed by atoms with Crippen molar-refractivity contribution in [2.24, 2.45) is 0 Å². The van der Waals surface area contributed by atoms with Gasteiger partial charge in [-0.2, -0.15) is 0 Å². The second-order valence-electron chi connectivity index (χ2n) is 4.68. The van der Waals surface area contributed by atoms with E-state index in [1.807, 2.05) is 0 Å². The van der Waals surface area contributed by atoms with E-state index in [4.69, 9.17) is 11.6 Å². The van der Waals surface area contributed by atoms with Gasteiger partial charge in [-0.1, -0.05) is 18.5 Å². The molecule has 7 heteroatoms. The molecule has 0 aliphatic rings. The highest BCUT2D eigenvalue weighted by Gasteiger charge is 2.15. The smallest absolute Gasteiger partial charge is 0.255 e. The van der Waals surface area contributed by atoms with Crippen molar-refractivity contribution in [1.82, 2.24) is 19.9 Å². The van der Waals surface area contributed by atoms with E-state index in [0.29, 0.717) is 22.9 Å². The van der Waals surface area contributed by atoms with Gasteiger partial charge < -0.3 is 15.2 Å². The zero-order chi connectivity index (χ0) is 15.2. The number of pyridine rings is 1. The van der Waals surface area contributed by atoms with Crippen LogP contribution in [-0.2, 0) is 6.54 Å². The van der Waals surface area contributed by atoms with E-state index in [0.717, 1.165) is 18.8 Å². The van der Waals surface area contributed by atoms with Crippen molar-refractivity contribution in [3.05, 3.63) is 41.1 Å². The number of nitrogens with one attached hydrogen (secondary N) is 2. The predicted molar refractivity (Wildman–Crippen MR) is 82.4 cm³/mol. The summed E-state index contributed by atoms with van der Waals surface area (Å²) >= 11 is 6.14. The highest BCUT2D eigenvalue weighted by Crippen LogP contribution is 2.20. The summed E-state index contributed by atoms with van der Waals surface area (Å²) in [5.74, 6) is 1.18. The molecule has 0 fully saturated rings. The van der Waals surface area contributed by atoms with E-state index in [1.54, 1.807) is 30.4 Å². The summed E-state index contributed by atoms with van der Waals surface area (Å²) in [6.07, 6.45) is 5.88. The summed E-state index contributed by atoms with van der Waals surface area (Å²) in [4.78, 5) is 25.1. The van der Waals surface area contributed by atoms with Gasteiger partial charge in [0.2, 0.25) is 0 Å². The minimum absolute atomic E-state index is 0.150. The lowest BCUT2D eigenvalue weighted by Crippen LogP contribution is -2.27. The third kappa shape index (κ3) is 3.95. The molecule has 2 rings (SSSR count). The van der Waals surface area contributed by atoms with E-state index < -0.39 is 0 Å². The van der Waals surface area contributed by atoms with Gasteiger partial charge in [-0.05, 0) is 12.5 Å². The first kappa shape index (κ1) is 15.3. The van der Waals surface area contributed by atoms with Gasteiger partial charge in [-0.15, -0.1) is 0 Å². The van der Waals surface area contributed by atoms with Crippen molar-refractivity contribution in [3.63, 3.8) is 0 Å². The fraction of sp³-hybridized carbons (Fsp3) is 0.357. The Labute approximate surface area is 128 Å². The number of rotatable bonds is 6. The molecular weight excluding hydrogens is 290 g/mol. The van der Waals surface area contributed by atoms with Crippen molar-refractivity contribution in [2.45, 2.75) is 19.9 Å². The molecule has 0 aliphatic heterocycles. The maximum absolute atomic E-state index is 12.3. The minimum atomic E-state index is -0.150. The fourth-order valence-corrected chi connectivity index (χ4v) is 2.06. The lowest BCUT2D eigenvalue weighted by atomic mass is 10.2. The molecule has 0 saturated carbocycles. The zero-order valence-corrected chi connectivity index (χ0v) is 12.8. The molecule has 112 valence electrons. The number of H-pyrrole nitrogens is 1. The molecular formula is C14H18ClN5O. The second kappa shape index (κ2) is 7.08. The van der Waals surface area contributed by atoms with Crippen LogP contribution in [0.4, 0.5) is 5.82 Å². The normalized spacial score (nSPS) is 10.4. The van der Waals surface area contributed by atoms with Crippen LogP contribution in [0.15, 0.2) is 24.7 Å². The Kier molecular flexibility index (Phi) is 5.16. The van der Waals surface area contributed by atoms with E-state index >= 15 is 0 Å².